The highest BCUT2D eigenvalue weighted by atomic mass is 32.1. The number of rotatable bonds is 4. The molecule has 2 rings (SSSR count). The third-order valence-electron chi connectivity index (χ3n) is 4.17. The van der Waals surface area contributed by atoms with E-state index in [1.165, 1.54) is 11.3 Å². The van der Waals surface area contributed by atoms with Gasteiger partial charge >= 0.3 is 0 Å². The summed E-state index contributed by atoms with van der Waals surface area (Å²) in [7, 11) is 0. The maximum absolute atomic E-state index is 12.1. The molecule has 2 unspecified atom stereocenters. The summed E-state index contributed by atoms with van der Waals surface area (Å²) in [6.45, 7) is 8.04. The maximum atomic E-state index is 12.1. The number of nitrogens with two attached hydrogens (primary N) is 1. The van der Waals surface area contributed by atoms with Crippen molar-refractivity contribution in [3.05, 3.63) is 16.0 Å². The van der Waals surface area contributed by atoms with E-state index in [0.29, 0.717) is 23.0 Å². The molecule has 21 heavy (non-hydrogen) atoms. The molecular formula is C15H22N4OS. The first-order valence-electron chi connectivity index (χ1n) is 7.20. The van der Waals surface area contributed by atoms with Gasteiger partial charge in [-0.15, -0.1) is 11.3 Å². The first kappa shape index (κ1) is 16.0. The second kappa shape index (κ2) is 6.56. The Balaban J connectivity index is 1.94. The first-order chi connectivity index (χ1) is 9.92. The zero-order chi connectivity index (χ0) is 15.6. The number of nitrogens with one attached hydrogen (secondary N) is 1. The van der Waals surface area contributed by atoms with Crippen molar-refractivity contribution >= 4 is 22.2 Å². The summed E-state index contributed by atoms with van der Waals surface area (Å²) in [5.74, 6) is 0.414. The molecule has 1 saturated heterocycles. The predicted molar refractivity (Wildman–Crippen MR) is 85.3 cm³/mol. The number of nitriles is 1. The minimum Gasteiger partial charge on any atom is -0.328 e. The molecule has 1 aliphatic rings. The van der Waals surface area contributed by atoms with Gasteiger partial charge in [0.25, 0.3) is 0 Å². The van der Waals surface area contributed by atoms with Crippen LogP contribution in [0.15, 0.2) is 0 Å². The zero-order valence-electron chi connectivity index (χ0n) is 12.8. The predicted octanol–water partition coefficient (Wildman–Crippen LogP) is 1.84. The van der Waals surface area contributed by atoms with Gasteiger partial charge in [-0.2, -0.15) is 5.26 Å². The Bertz CT molecular complexity index is 573. The van der Waals surface area contributed by atoms with Gasteiger partial charge in [-0.05, 0) is 45.2 Å². The molecular weight excluding hydrogens is 284 g/mol. The monoisotopic (exact) mass is 306 g/mol. The van der Waals surface area contributed by atoms with E-state index in [0.717, 1.165) is 30.0 Å². The summed E-state index contributed by atoms with van der Waals surface area (Å²) < 4.78 is 0. The van der Waals surface area contributed by atoms with E-state index in [2.05, 4.69) is 16.3 Å². The van der Waals surface area contributed by atoms with Crippen LogP contribution in [0.25, 0.3) is 0 Å². The molecule has 6 heteroatoms. The van der Waals surface area contributed by atoms with Gasteiger partial charge in [0.1, 0.15) is 11.1 Å². The normalized spacial score (nSPS) is 20.2. The molecule has 0 bridgehead atoms. The molecule has 2 atom stereocenters. The van der Waals surface area contributed by atoms with Crippen molar-refractivity contribution in [2.75, 3.05) is 25.0 Å². The van der Waals surface area contributed by atoms with E-state index in [-0.39, 0.29) is 11.9 Å². The molecule has 1 aliphatic heterocycles. The van der Waals surface area contributed by atoms with Crippen molar-refractivity contribution < 1.29 is 4.79 Å². The zero-order valence-corrected chi connectivity index (χ0v) is 13.6. The van der Waals surface area contributed by atoms with Crippen LogP contribution < -0.4 is 11.1 Å². The van der Waals surface area contributed by atoms with E-state index in [9.17, 15) is 10.1 Å². The molecule has 0 aromatic carbocycles. The molecule has 5 nitrogen and oxygen atoms in total. The average molecular weight is 306 g/mol. The molecule has 114 valence electrons. The summed E-state index contributed by atoms with van der Waals surface area (Å²) in [4.78, 5) is 15.3. The largest absolute Gasteiger partial charge is 0.328 e. The smallest absolute Gasteiger partial charge is 0.239 e. The van der Waals surface area contributed by atoms with Gasteiger partial charge in [0, 0.05) is 17.5 Å². The van der Waals surface area contributed by atoms with Crippen LogP contribution in [-0.4, -0.2) is 36.5 Å². The number of likely N-dealkylation sites (tertiary alicyclic amines) is 1. The van der Waals surface area contributed by atoms with Crippen LogP contribution in [0.1, 0.15) is 29.3 Å². The molecule has 1 aromatic heterocycles. The van der Waals surface area contributed by atoms with Gasteiger partial charge in [-0.3, -0.25) is 9.69 Å². The lowest BCUT2D eigenvalue weighted by Crippen LogP contribution is -2.34. The van der Waals surface area contributed by atoms with Gasteiger partial charge in [0.15, 0.2) is 0 Å². The highest BCUT2D eigenvalue weighted by molar-refractivity contribution is 7.16. The van der Waals surface area contributed by atoms with E-state index in [4.69, 9.17) is 5.73 Å². The van der Waals surface area contributed by atoms with E-state index >= 15 is 0 Å². The van der Waals surface area contributed by atoms with Gasteiger partial charge < -0.3 is 11.1 Å². The van der Waals surface area contributed by atoms with Gasteiger partial charge in [-0.1, -0.05) is 0 Å². The molecule has 1 amide bonds. The lowest BCUT2D eigenvalue weighted by molar-refractivity contribution is -0.117. The van der Waals surface area contributed by atoms with Crippen LogP contribution in [0.3, 0.4) is 0 Å². The Morgan fingerprint density at radius 2 is 2.33 bits per heavy atom. The standard InChI is InChI=1S/C15H22N4OS/c1-9-11(3)21-15(13(9)6-16)18-14(20)8-19-5-4-12(7-19)10(2)17/h10,12H,4-5,7-8,17H2,1-3H3,(H,18,20). The molecule has 0 aliphatic carbocycles. The van der Waals surface area contributed by atoms with Crippen molar-refractivity contribution in [3.63, 3.8) is 0 Å². The molecule has 3 N–H and O–H groups in total. The Morgan fingerprint density at radius 1 is 1.62 bits per heavy atom. The number of carbonyl (C=O) groups is 1. The number of aryl methyl sites for hydroxylation is 1. The van der Waals surface area contributed by atoms with Crippen LogP contribution in [0.5, 0.6) is 0 Å². The average Bonchev–Trinajstić information content (AvgIpc) is 2.96. The summed E-state index contributed by atoms with van der Waals surface area (Å²) in [6.07, 6.45) is 1.05. The van der Waals surface area contributed by atoms with Crippen molar-refractivity contribution in [2.45, 2.75) is 33.2 Å². The molecule has 2 heterocycles. The Hall–Kier alpha value is -1.42. The van der Waals surface area contributed by atoms with Gasteiger partial charge in [0.2, 0.25) is 5.91 Å². The summed E-state index contributed by atoms with van der Waals surface area (Å²) in [5.41, 5.74) is 7.45. The molecule has 1 fully saturated rings. The topological polar surface area (TPSA) is 82.2 Å². The van der Waals surface area contributed by atoms with Crippen LogP contribution in [-0.2, 0) is 4.79 Å². The third kappa shape index (κ3) is 3.62. The third-order valence-corrected chi connectivity index (χ3v) is 5.29. The highest BCUT2D eigenvalue weighted by Crippen LogP contribution is 2.31. The highest BCUT2D eigenvalue weighted by Gasteiger charge is 2.26. The molecule has 1 aromatic rings. The number of thiophene rings is 1. The van der Waals surface area contributed by atoms with E-state index in [1.807, 2.05) is 20.8 Å². The lowest BCUT2D eigenvalue weighted by atomic mass is 10.0. The van der Waals surface area contributed by atoms with Crippen LogP contribution in [0.4, 0.5) is 5.00 Å². The van der Waals surface area contributed by atoms with Crippen molar-refractivity contribution in [2.24, 2.45) is 11.7 Å². The summed E-state index contributed by atoms with van der Waals surface area (Å²) in [5, 5.41) is 12.7. The number of carbonyl (C=O) groups excluding carboxylic acids is 1. The van der Waals surface area contributed by atoms with Crippen LogP contribution >= 0.6 is 11.3 Å². The second-order valence-corrected chi connectivity index (χ2v) is 7.02. The molecule has 0 saturated carbocycles. The van der Waals surface area contributed by atoms with E-state index < -0.39 is 0 Å². The Kier molecular flexibility index (Phi) is 4.99. The minimum atomic E-state index is -0.0573. The van der Waals surface area contributed by atoms with E-state index in [1.54, 1.807) is 0 Å². The van der Waals surface area contributed by atoms with Crippen molar-refractivity contribution in [3.8, 4) is 6.07 Å². The fraction of sp³-hybridized carbons (Fsp3) is 0.600. The molecule has 0 spiro atoms. The van der Waals surface area contributed by atoms with Crippen LogP contribution in [0.2, 0.25) is 0 Å². The number of anilines is 1. The number of hydrogen-bond acceptors (Lipinski definition) is 5. The lowest BCUT2D eigenvalue weighted by Gasteiger charge is -2.17. The quantitative estimate of drug-likeness (QED) is 0.889. The SMILES string of the molecule is Cc1sc(NC(=O)CN2CCC(C(C)N)C2)c(C#N)c1C. The van der Waals surface area contributed by atoms with Crippen molar-refractivity contribution in [1.29, 1.82) is 5.26 Å². The maximum Gasteiger partial charge on any atom is 0.239 e. The Labute approximate surface area is 129 Å². The van der Waals surface area contributed by atoms with Gasteiger partial charge in [0.05, 0.1) is 12.1 Å². The fourth-order valence-corrected chi connectivity index (χ4v) is 3.68. The molecule has 0 radical (unpaired) electrons. The summed E-state index contributed by atoms with van der Waals surface area (Å²) in [6, 6.07) is 2.34. The van der Waals surface area contributed by atoms with Crippen molar-refractivity contribution in [1.82, 2.24) is 4.90 Å². The first-order valence-corrected chi connectivity index (χ1v) is 8.02. The number of nitrogens with zero attached hydrogens (tertiary/aromatic N) is 2. The summed E-state index contributed by atoms with van der Waals surface area (Å²) >= 11 is 1.46. The Morgan fingerprint density at radius 3 is 2.90 bits per heavy atom. The number of amides is 1. The number of hydrogen-bond donors (Lipinski definition) is 2. The minimum absolute atomic E-state index is 0.0573. The second-order valence-electron chi connectivity index (χ2n) is 5.79. The van der Waals surface area contributed by atoms with Gasteiger partial charge in [-0.25, -0.2) is 0 Å². The van der Waals surface area contributed by atoms with Crippen LogP contribution in [0, 0.1) is 31.1 Å². The fourth-order valence-electron chi connectivity index (χ4n) is 2.65.